The smallest absolute Gasteiger partial charge is 0.462 e. The maximum atomic E-state index is 12.8. The number of phosphoric ester groups is 1. The zero-order chi connectivity index (χ0) is 48.2. The van der Waals surface area contributed by atoms with Crippen LogP contribution in [-0.2, 0) is 42.2 Å². The molecule has 0 aromatic rings. The van der Waals surface area contributed by atoms with Gasteiger partial charge in [0.05, 0.1) is 19.8 Å². The predicted molar refractivity (Wildman–Crippen MR) is 266 cm³/mol. The number of nitrogens with one attached hydrogen (secondary N) is 1. The van der Waals surface area contributed by atoms with Gasteiger partial charge in [-0.1, -0.05) is 228 Å². The molecule has 12 heteroatoms. The van der Waals surface area contributed by atoms with E-state index >= 15 is 0 Å². The number of rotatable bonds is 45. The predicted octanol–water partition coefficient (Wildman–Crippen LogP) is 15.1. The van der Waals surface area contributed by atoms with E-state index in [1.165, 1.54) is 148 Å². The summed E-state index contributed by atoms with van der Waals surface area (Å²) in [5.41, 5.74) is -1.22. The second-order valence-electron chi connectivity index (χ2n) is 19.4. The second kappa shape index (κ2) is 44.0. The molecular formula is C52H104NO10P. The minimum Gasteiger partial charge on any atom is -0.462 e. The molecule has 0 bridgehead atoms. The Balaban J connectivity index is 0. The van der Waals surface area contributed by atoms with Crippen molar-refractivity contribution in [2.24, 2.45) is 5.41 Å². The van der Waals surface area contributed by atoms with E-state index in [9.17, 15) is 23.8 Å². The number of hydrogen-bond donors (Lipinski definition) is 2. The van der Waals surface area contributed by atoms with Crippen molar-refractivity contribution >= 4 is 25.7 Å². The SMILES string of the molecule is CC.CCCCCCCCCCCCCCCCCC(=O)OC[C@H](COP(=O)(O)OCCNC(=O)C(C)(C)OCC(C)(C)C)OC(=O)CCCCCCCCCCCCCCCCC. The van der Waals surface area contributed by atoms with Gasteiger partial charge >= 0.3 is 19.8 Å². The largest absolute Gasteiger partial charge is 0.472 e. The van der Waals surface area contributed by atoms with E-state index < -0.39 is 38.1 Å². The number of unbranched alkanes of at least 4 members (excludes halogenated alkanes) is 28. The molecule has 0 saturated heterocycles. The molecule has 2 atom stereocenters. The van der Waals surface area contributed by atoms with Crippen LogP contribution >= 0.6 is 7.82 Å². The van der Waals surface area contributed by atoms with Crippen molar-refractivity contribution in [3.05, 3.63) is 0 Å². The standard InChI is InChI=1S/C50H98NO10P.C2H6/c1-8-10-12-14-16-18-20-22-24-26-28-30-32-34-36-38-46(52)57-42-45(43-60-62(55,56)59-41-40-51-48(54)50(6,7)58-44-49(3,4)5)61-47(53)39-37-35-33-31-29-27-25-23-21-19-17-15-13-11-9-2;1-2/h45H,8-44H2,1-7H3,(H,51,54)(H,55,56);1-2H3/t45-;/m1./s1. The molecule has 1 amide bonds. The summed E-state index contributed by atoms with van der Waals surface area (Å²) in [5.74, 6) is -1.26. The summed E-state index contributed by atoms with van der Waals surface area (Å²) in [6.07, 6.45) is 36.3. The highest BCUT2D eigenvalue weighted by Crippen LogP contribution is 2.43. The summed E-state index contributed by atoms with van der Waals surface area (Å²) in [7, 11) is -4.59. The van der Waals surface area contributed by atoms with Gasteiger partial charge in [-0.05, 0) is 32.1 Å². The fourth-order valence-electron chi connectivity index (χ4n) is 7.12. The van der Waals surface area contributed by atoms with Crippen molar-refractivity contribution in [2.45, 2.75) is 279 Å². The lowest BCUT2D eigenvalue weighted by Crippen LogP contribution is -2.46. The first kappa shape index (κ1) is 64.6. The van der Waals surface area contributed by atoms with Crippen LogP contribution in [0.2, 0.25) is 0 Å². The maximum absolute atomic E-state index is 12.8. The molecule has 0 spiro atoms. The van der Waals surface area contributed by atoms with Gasteiger partial charge in [-0.2, -0.15) is 0 Å². The van der Waals surface area contributed by atoms with Gasteiger partial charge in [0.15, 0.2) is 6.10 Å². The van der Waals surface area contributed by atoms with Crippen molar-refractivity contribution in [3.8, 4) is 0 Å². The summed E-state index contributed by atoms with van der Waals surface area (Å²) in [6, 6.07) is 0. The molecule has 11 nitrogen and oxygen atoms in total. The zero-order valence-corrected chi connectivity index (χ0v) is 44.2. The molecule has 0 aliphatic heterocycles. The summed E-state index contributed by atoms with van der Waals surface area (Å²) < 4.78 is 39.8. The van der Waals surface area contributed by atoms with Crippen molar-refractivity contribution in [1.29, 1.82) is 0 Å². The minimum absolute atomic E-state index is 0.0519. The van der Waals surface area contributed by atoms with Crippen LogP contribution in [0.25, 0.3) is 0 Å². The van der Waals surface area contributed by atoms with Crippen molar-refractivity contribution < 1.29 is 47.1 Å². The summed E-state index contributed by atoms with van der Waals surface area (Å²) in [4.78, 5) is 48.4. The highest BCUT2D eigenvalue weighted by atomic mass is 31.2. The lowest BCUT2D eigenvalue weighted by Gasteiger charge is -2.28. The van der Waals surface area contributed by atoms with Crippen LogP contribution in [0.5, 0.6) is 0 Å². The van der Waals surface area contributed by atoms with Gasteiger partial charge in [0, 0.05) is 19.4 Å². The van der Waals surface area contributed by atoms with E-state index in [-0.39, 0.29) is 43.9 Å². The lowest BCUT2D eigenvalue weighted by atomic mass is 9.98. The monoisotopic (exact) mass is 934 g/mol. The van der Waals surface area contributed by atoms with E-state index in [0.717, 1.165) is 32.1 Å². The van der Waals surface area contributed by atoms with Crippen LogP contribution in [0, 0.1) is 5.41 Å². The van der Waals surface area contributed by atoms with Crippen LogP contribution in [0.3, 0.4) is 0 Å². The molecule has 0 radical (unpaired) electrons. The van der Waals surface area contributed by atoms with Crippen molar-refractivity contribution in [2.75, 3.05) is 33.0 Å². The molecule has 0 fully saturated rings. The van der Waals surface area contributed by atoms with Gasteiger partial charge in [0.1, 0.15) is 12.2 Å². The molecule has 0 aliphatic rings. The Hall–Kier alpha value is -1.52. The first-order chi connectivity index (χ1) is 30.6. The molecule has 0 aliphatic carbocycles. The molecule has 0 aromatic heterocycles. The molecule has 0 saturated carbocycles. The van der Waals surface area contributed by atoms with Gasteiger partial charge in [-0.15, -0.1) is 0 Å². The van der Waals surface area contributed by atoms with Gasteiger partial charge in [0.2, 0.25) is 0 Å². The van der Waals surface area contributed by atoms with E-state index in [4.69, 9.17) is 23.3 Å². The Morgan fingerprint density at radius 3 is 1.27 bits per heavy atom. The third kappa shape index (κ3) is 45.6. The molecular weight excluding hydrogens is 830 g/mol. The van der Waals surface area contributed by atoms with Crippen molar-refractivity contribution in [3.63, 3.8) is 0 Å². The van der Waals surface area contributed by atoms with Crippen molar-refractivity contribution in [1.82, 2.24) is 5.32 Å². The molecule has 1 unspecified atom stereocenters. The van der Waals surface area contributed by atoms with Crippen LogP contribution in [0.15, 0.2) is 0 Å². The maximum Gasteiger partial charge on any atom is 0.472 e. The molecule has 0 aromatic carbocycles. The number of esters is 2. The van der Waals surface area contributed by atoms with Gasteiger partial charge < -0.3 is 24.4 Å². The van der Waals surface area contributed by atoms with E-state index in [1.54, 1.807) is 13.8 Å². The fourth-order valence-corrected chi connectivity index (χ4v) is 7.87. The lowest BCUT2D eigenvalue weighted by molar-refractivity contribution is -0.161. The van der Waals surface area contributed by atoms with E-state index in [1.807, 2.05) is 34.6 Å². The summed E-state index contributed by atoms with van der Waals surface area (Å²) in [6.45, 7) is 17.1. The summed E-state index contributed by atoms with van der Waals surface area (Å²) >= 11 is 0. The first-order valence-electron chi connectivity index (χ1n) is 26.5. The quantitative estimate of drug-likeness (QED) is 0.0344. The van der Waals surface area contributed by atoms with Crippen LogP contribution < -0.4 is 5.32 Å². The van der Waals surface area contributed by atoms with Crippen LogP contribution in [-0.4, -0.2) is 67.4 Å². The highest BCUT2D eigenvalue weighted by molar-refractivity contribution is 7.47. The molecule has 382 valence electrons. The minimum atomic E-state index is -4.59. The van der Waals surface area contributed by atoms with Crippen LogP contribution in [0.1, 0.15) is 268 Å². The van der Waals surface area contributed by atoms with E-state index in [2.05, 4.69) is 19.2 Å². The Kier molecular flexibility index (Phi) is 44.4. The number of carbonyl (C=O) groups is 3. The van der Waals surface area contributed by atoms with Crippen LogP contribution in [0.4, 0.5) is 0 Å². The van der Waals surface area contributed by atoms with Gasteiger partial charge in [-0.25, -0.2) is 4.57 Å². The first-order valence-corrected chi connectivity index (χ1v) is 28.0. The Morgan fingerprint density at radius 1 is 0.531 bits per heavy atom. The van der Waals surface area contributed by atoms with E-state index in [0.29, 0.717) is 19.4 Å². The molecule has 0 rings (SSSR count). The molecule has 2 N–H and O–H groups in total. The second-order valence-corrected chi connectivity index (χ2v) is 20.9. The average molecular weight is 934 g/mol. The number of phosphoric acid groups is 1. The third-order valence-electron chi connectivity index (χ3n) is 11.2. The number of hydrogen-bond acceptors (Lipinski definition) is 9. The topological polar surface area (TPSA) is 147 Å². The third-order valence-corrected chi connectivity index (χ3v) is 12.2. The zero-order valence-electron chi connectivity index (χ0n) is 43.3. The highest BCUT2D eigenvalue weighted by Gasteiger charge is 2.31. The Labute approximate surface area is 394 Å². The number of ether oxygens (including phenoxy) is 3. The number of carbonyl (C=O) groups excluding carboxylic acids is 3. The number of amides is 1. The molecule has 64 heavy (non-hydrogen) atoms. The van der Waals surface area contributed by atoms with Gasteiger partial charge in [-0.3, -0.25) is 23.4 Å². The summed E-state index contributed by atoms with van der Waals surface area (Å²) in [5, 5.41) is 2.65. The average Bonchev–Trinajstić information content (AvgIpc) is 3.25. The Bertz CT molecular complexity index is 1130. The fraction of sp³-hybridized carbons (Fsp3) is 0.942. The normalized spacial score (nSPS) is 13.2. The van der Waals surface area contributed by atoms with Gasteiger partial charge in [0.25, 0.3) is 5.91 Å². The molecule has 0 heterocycles. The Morgan fingerprint density at radius 2 is 0.891 bits per heavy atom.